The van der Waals surface area contributed by atoms with Crippen LogP contribution in [0.2, 0.25) is 0 Å². The molecule has 5 nitrogen and oxygen atoms in total. The zero-order chi connectivity index (χ0) is 15.6. The number of carbonyl (C=O) groups is 2. The minimum absolute atomic E-state index is 0.0400. The summed E-state index contributed by atoms with van der Waals surface area (Å²) in [6, 6.07) is -0.477. The van der Waals surface area contributed by atoms with E-state index in [1.807, 2.05) is 25.7 Å². The van der Waals surface area contributed by atoms with Crippen molar-refractivity contribution >= 4 is 11.9 Å². The van der Waals surface area contributed by atoms with Crippen LogP contribution in [0.4, 0.5) is 0 Å². The predicted molar refractivity (Wildman–Crippen MR) is 81.0 cm³/mol. The third-order valence-corrected chi connectivity index (χ3v) is 5.25. The number of carboxylic acids is 1. The Kier molecular flexibility index (Phi) is 5.25. The molecule has 0 radical (unpaired) electrons. The van der Waals surface area contributed by atoms with Gasteiger partial charge in [0.15, 0.2) is 0 Å². The summed E-state index contributed by atoms with van der Waals surface area (Å²) in [7, 11) is 0. The second kappa shape index (κ2) is 6.77. The molecule has 1 saturated carbocycles. The molecule has 1 amide bonds. The Morgan fingerprint density at radius 2 is 1.95 bits per heavy atom. The summed E-state index contributed by atoms with van der Waals surface area (Å²) in [5.41, 5.74) is 0. The average Bonchev–Trinajstić information content (AvgIpc) is 2.85. The molecule has 1 saturated heterocycles. The van der Waals surface area contributed by atoms with E-state index in [9.17, 15) is 14.7 Å². The number of nitrogens with one attached hydrogen (secondary N) is 1. The minimum atomic E-state index is -0.785. The Bertz CT molecular complexity index is 399. The van der Waals surface area contributed by atoms with Crippen molar-refractivity contribution in [2.75, 3.05) is 0 Å². The van der Waals surface area contributed by atoms with Crippen LogP contribution < -0.4 is 5.32 Å². The van der Waals surface area contributed by atoms with Gasteiger partial charge in [-0.1, -0.05) is 19.8 Å². The highest BCUT2D eigenvalue weighted by atomic mass is 16.4. The highest BCUT2D eigenvalue weighted by Gasteiger charge is 2.48. The van der Waals surface area contributed by atoms with Crippen LogP contribution in [-0.4, -0.2) is 46.1 Å². The smallest absolute Gasteiger partial charge is 0.320 e. The molecule has 1 aliphatic heterocycles. The topological polar surface area (TPSA) is 69.6 Å². The molecule has 2 aliphatic rings. The summed E-state index contributed by atoms with van der Waals surface area (Å²) in [5, 5.41) is 12.5. The first-order valence-corrected chi connectivity index (χ1v) is 8.26. The van der Waals surface area contributed by atoms with E-state index >= 15 is 0 Å². The zero-order valence-electron chi connectivity index (χ0n) is 13.3. The van der Waals surface area contributed by atoms with Crippen molar-refractivity contribution in [1.82, 2.24) is 10.2 Å². The summed E-state index contributed by atoms with van der Waals surface area (Å²) in [4.78, 5) is 26.0. The maximum Gasteiger partial charge on any atom is 0.320 e. The van der Waals surface area contributed by atoms with E-state index in [1.54, 1.807) is 0 Å². The van der Waals surface area contributed by atoms with Gasteiger partial charge in [-0.2, -0.15) is 0 Å². The minimum Gasteiger partial charge on any atom is -0.480 e. The third-order valence-electron chi connectivity index (χ3n) is 5.25. The van der Waals surface area contributed by atoms with Crippen LogP contribution >= 0.6 is 0 Å². The van der Waals surface area contributed by atoms with E-state index in [0.717, 1.165) is 25.7 Å². The van der Waals surface area contributed by atoms with Gasteiger partial charge in [0.2, 0.25) is 5.91 Å². The van der Waals surface area contributed by atoms with E-state index in [1.165, 1.54) is 6.42 Å². The number of carbonyl (C=O) groups excluding carboxylic acids is 1. The molecule has 2 rings (SSSR count). The molecule has 1 heterocycles. The van der Waals surface area contributed by atoms with E-state index in [-0.39, 0.29) is 24.0 Å². The fraction of sp³-hybridized carbons (Fsp3) is 0.875. The van der Waals surface area contributed by atoms with Crippen molar-refractivity contribution in [2.24, 2.45) is 5.92 Å². The lowest BCUT2D eigenvalue weighted by Gasteiger charge is -2.36. The molecule has 5 atom stereocenters. The van der Waals surface area contributed by atoms with Gasteiger partial charge in [-0.15, -0.1) is 0 Å². The number of nitrogens with zero attached hydrogens (tertiary/aromatic N) is 1. The van der Waals surface area contributed by atoms with Crippen molar-refractivity contribution in [3.8, 4) is 0 Å². The summed E-state index contributed by atoms with van der Waals surface area (Å²) >= 11 is 0. The van der Waals surface area contributed by atoms with Gasteiger partial charge in [0, 0.05) is 12.1 Å². The molecule has 2 N–H and O–H groups in total. The van der Waals surface area contributed by atoms with Crippen LogP contribution in [0.25, 0.3) is 0 Å². The standard InChI is InChI=1S/C16H28N2O3/c1-4-10(2)17-15(19)11(3)18-13-8-6-5-7-12(13)9-14(18)16(20)21/h10-14H,4-9H2,1-3H3,(H,17,19)(H,20,21). The van der Waals surface area contributed by atoms with Gasteiger partial charge >= 0.3 is 5.97 Å². The highest BCUT2D eigenvalue weighted by molar-refractivity contribution is 5.83. The predicted octanol–water partition coefficient (Wildman–Crippen LogP) is 2.01. The van der Waals surface area contributed by atoms with Crippen LogP contribution in [0.3, 0.4) is 0 Å². The first-order valence-electron chi connectivity index (χ1n) is 8.26. The monoisotopic (exact) mass is 296 g/mol. The highest BCUT2D eigenvalue weighted by Crippen LogP contribution is 2.40. The molecule has 2 fully saturated rings. The first-order chi connectivity index (χ1) is 9.95. The molecular weight excluding hydrogens is 268 g/mol. The summed E-state index contributed by atoms with van der Waals surface area (Å²) in [5.74, 6) is -0.381. The number of hydrogen-bond acceptors (Lipinski definition) is 3. The maximum atomic E-state index is 12.4. The number of rotatable bonds is 5. The van der Waals surface area contributed by atoms with Crippen molar-refractivity contribution in [1.29, 1.82) is 0 Å². The molecule has 0 aromatic rings. The normalized spacial score (nSPS) is 32.2. The summed E-state index contributed by atoms with van der Waals surface area (Å²) in [6.07, 6.45) is 6.03. The second-order valence-electron chi connectivity index (χ2n) is 6.64. The van der Waals surface area contributed by atoms with Crippen LogP contribution in [0.1, 0.15) is 59.3 Å². The van der Waals surface area contributed by atoms with Crippen molar-refractivity contribution < 1.29 is 14.7 Å². The fourth-order valence-corrected chi connectivity index (χ4v) is 3.88. The molecule has 0 aromatic carbocycles. The van der Waals surface area contributed by atoms with Gasteiger partial charge in [0.25, 0.3) is 0 Å². The molecule has 21 heavy (non-hydrogen) atoms. The second-order valence-corrected chi connectivity index (χ2v) is 6.64. The molecular formula is C16H28N2O3. The Balaban J connectivity index is 2.12. The van der Waals surface area contributed by atoms with Crippen molar-refractivity contribution in [3.63, 3.8) is 0 Å². The third kappa shape index (κ3) is 3.39. The molecule has 120 valence electrons. The summed E-state index contributed by atoms with van der Waals surface area (Å²) < 4.78 is 0. The van der Waals surface area contributed by atoms with Crippen LogP contribution in [0.5, 0.6) is 0 Å². The largest absolute Gasteiger partial charge is 0.480 e. The van der Waals surface area contributed by atoms with Crippen LogP contribution in [0.15, 0.2) is 0 Å². The zero-order valence-corrected chi connectivity index (χ0v) is 13.3. The number of amides is 1. The quantitative estimate of drug-likeness (QED) is 0.814. The lowest BCUT2D eigenvalue weighted by molar-refractivity contribution is -0.145. The molecule has 1 aliphatic carbocycles. The molecule has 0 bridgehead atoms. The first kappa shape index (κ1) is 16.3. The average molecular weight is 296 g/mol. The molecule has 0 aromatic heterocycles. The fourth-order valence-electron chi connectivity index (χ4n) is 3.88. The van der Waals surface area contributed by atoms with E-state index < -0.39 is 12.0 Å². The lowest BCUT2D eigenvalue weighted by atomic mass is 9.84. The lowest BCUT2D eigenvalue weighted by Crippen LogP contribution is -2.54. The number of carboxylic acid groups (broad SMARTS) is 1. The number of hydrogen-bond donors (Lipinski definition) is 2. The molecule has 5 unspecified atom stereocenters. The van der Waals surface area contributed by atoms with Gasteiger partial charge < -0.3 is 10.4 Å². The van der Waals surface area contributed by atoms with Gasteiger partial charge in [0.1, 0.15) is 6.04 Å². The van der Waals surface area contributed by atoms with Crippen molar-refractivity contribution in [2.45, 2.75) is 83.5 Å². The van der Waals surface area contributed by atoms with E-state index in [0.29, 0.717) is 12.3 Å². The van der Waals surface area contributed by atoms with E-state index in [2.05, 4.69) is 5.32 Å². The molecule has 5 heteroatoms. The van der Waals surface area contributed by atoms with Crippen LogP contribution in [0, 0.1) is 5.92 Å². The van der Waals surface area contributed by atoms with Gasteiger partial charge in [-0.25, -0.2) is 0 Å². The Morgan fingerprint density at radius 3 is 2.57 bits per heavy atom. The Labute approximate surface area is 127 Å². The van der Waals surface area contributed by atoms with Gasteiger partial charge in [-0.3, -0.25) is 14.5 Å². The molecule has 0 spiro atoms. The van der Waals surface area contributed by atoms with Gasteiger partial charge in [-0.05, 0) is 45.4 Å². The summed E-state index contributed by atoms with van der Waals surface area (Å²) in [6.45, 7) is 5.86. The number of likely N-dealkylation sites (tertiary alicyclic amines) is 1. The van der Waals surface area contributed by atoms with Crippen molar-refractivity contribution in [3.05, 3.63) is 0 Å². The number of fused-ring (bicyclic) bond motifs is 1. The maximum absolute atomic E-state index is 12.4. The van der Waals surface area contributed by atoms with Gasteiger partial charge in [0.05, 0.1) is 6.04 Å². The van der Waals surface area contributed by atoms with Crippen LogP contribution in [-0.2, 0) is 9.59 Å². The Hall–Kier alpha value is -1.10. The number of aliphatic carboxylic acids is 1. The Morgan fingerprint density at radius 1 is 1.29 bits per heavy atom. The SMILES string of the molecule is CCC(C)NC(=O)C(C)N1C(C(=O)O)CC2CCCCC21. The van der Waals surface area contributed by atoms with E-state index in [4.69, 9.17) is 0 Å².